The summed E-state index contributed by atoms with van der Waals surface area (Å²) in [6, 6.07) is 9.43. The molecule has 3 heteroatoms. The van der Waals surface area contributed by atoms with Crippen LogP contribution in [0, 0.1) is 5.82 Å². The normalized spacial score (nSPS) is 19.6. The molecule has 3 rings (SSSR count). The minimum atomic E-state index is -0.171. The fourth-order valence-corrected chi connectivity index (χ4v) is 3.08. The molecule has 0 fully saturated rings. The van der Waals surface area contributed by atoms with Crippen molar-refractivity contribution in [2.24, 2.45) is 0 Å². The smallest absolute Gasteiger partial charge is 0.123 e. The largest absolute Gasteiger partial charge is 0.469 e. The third-order valence-corrected chi connectivity index (χ3v) is 4.11. The van der Waals surface area contributed by atoms with E-state index in [1.807, 2.05) is 6.07 Å². The van der Waals surface area contributed by atoms with Gasteiger partial charge < -0.3 is 9.73 Å². The summed E-state index contributed by atoms with van der Waals surface area (Å²) in [7, 11) is 0. The lowest BCUT2D eigenvalue weighted by Gasteiger charge is -2.28. The first-order valence-corrected chi connectivity index (χ1v) is 7.35. The Morgan fingerprint density at radius 1 is 1.40 bits per heavy atom. The summed E-state index contributed by atoms with van der Waals surface area (Å²) < 4.78 is 18.9. The highest BCUT2D eigenvalue weighted by atomic mass is 19.1. The molecule has 0 amide bonds. The van der Waals surface area contributed by atoms with Crippen LogP contribution in [0.25, 0.3) is 0 Å². The summed E-state index contributed by atoms with van der Waals surface area (Å²) in [5.74, 6) is 0.929. The molecule has 0 radical (unpaired) electrons. The van der Waals surface area contributed by atoms with Gasteiger partial charge in [-0.2, -0.15) is 0 Å². The molecule has 106 valence electrons. The maximum atomic E-state index is 13.4. The number of hydrogen-bond donors (Lipinski definition) is 1. The van der Waals surface area contributed by atoms with Gasteiger partial charge in [-0.3, -0.25) is 0 Å². The van der Waals surface area contributed by atoms with Crippen molar-refractivity contribution in [3.05, 3.63) is 59.3 Å². The molecule has 0 spiro atoms. The summed E-state index contributed by atoms with van der Waals surface area (Å²) in [4.78, 5) is 0. The Balaban J connectivity index is 1.80. The molecule has 1 N–H and O–H groups in total. The molecule has 0 aliphatic heterocycles. The van der Waals surface area contributed by atoms with E-state index in [0.717, 1.165) is 37.0 Å². The lowest BCUT2D eigenvalue weighted by molar-refractivity contribution is 0.370. The van der Waals surface area contributed by atoms with Gasteiger partial charge in [0.25, 0.3) is 0 Å². The highest BCUT2D eigenvalue weighted by Crippen LogP contribution is 2.33. The highest BCUT2D eigenvalue weighted by Gasteiger charge is 2.24. The zero-order chi connectivity index (χ0) is 13.9. The zero-order valence-corrected chi connectivity index (χ0v) is 11.7. The Bertz CT molecular complexity index is 578. The lowest BCUT2D eigenvalue weighted by Crippen LogP contribution is -2.28. The minimum absolute atomic E-state index is 0.171. The Labute approximate surface area is 119 Å². The van der Waals surface area contributed by atoms with Gasteiger partial charge in [-0.1, -0.05) is 19.1 Å². The van der Waals surface area contributed by atoms with Crippen molar-refractivity contribution in [1.82, 2.24) is 5.32 Å². The van der Waals surface area contributed by atoms with E-state index in [1.54, 1.807) is 18.4 Å². The van der Waals surface area contributed by atoms with Crippen molar-refractivity contribution in [1.29, 1.82) is 0 Å². The quantitative estimate of drug-likeness (QED) is 0.885. The van der Waals surface area contributed by atoms with Crippen molar-refractivity contribution < 1.29 is 8.81 Å². The molecule has 1 aliphatic carbocycles. The van der Waals surface area contributed by atoms with Gasteiger partial charge in [0.05, 0.1) is 6.26 Å². The van der Waals surface area contributed by atoms with E-state index in [9.17, 15) is 4.39 Å². The molecule has 2 unspecified atom stereocenters. The number of hydrogen-bond acceptors (Lipinski definition) is 2. The fourth-order valence-electron chi connectivity index (χ4n) is 3.08. The van der Waals surface area contributed by atoms with Gasteiger partial charge >= 0.3 is 0 Å². The maximum absolute atomic E-state index is 13.4. The number of halogens is 1. The maximum Gasteiger partial charge on any atom is 0.123 e. The van der Waals surface area contributed by atoms with Crippen LogP contribution in [0.3, 0.4) is 0 Å². The SMILES string of the molecule is CCC(NC1CCCc2occc21)c1cccc(F)c1. The van der Waals surface area contributed by atoms with Crippen molar-refractivity contribution in [3.63, 3.8) is 0 Å². The molecule has 0 saturated carbocycles. The first-order chi connectivity index (χ1) is 9.78. The van der Waals surface area contributed by atoms with Gasteiger partial charge in [0.2, 0.25) is 0 Å². The molecule has 20 heavy (non-hydrogen) atoms. The molecule has 2 nitrogen and oxygen atoms in total. The van der Waals surface area contributed by atoms with E-state index in [-0.39, 0.29) is 11.9 Å². The molecule has 0 saturated heterocycles. The number of nitrogens with one attached hydrogen (secondary N) is 1. The zero-order valence-electron chi connectivity index (χ0n) is 11.7. The molecular formula is C17H20FNO. The number of aryl methyl sites for hydroxylation is 1. The Morgan fingerprint density at radius 2 is 2.30 bits per heavy atom. The number of fused-ring (bicyclic) bond motifs is 1. The summed E-state index contributed by atoms with van der Waals surface area (Å²) in [5.41, 5.74) is 2.29. The molecule has 1 aromatic carbocycles. The third kappa shape index (κ3) is 2.63. The summed E-state index contributed by atoms with van der Waals surface area (Å²) in [5, 5.41) is 3.66. The van der Waals surface area contributed by atoms with Crippen LogP contribution < -0.4 is 5.32 Å². The second-order valence-electron chi connectivity index (χ2n) is 5.43. The van der Waals surface area contributed by atoms with Crippen LogP contribution in [0.4, 0.5) is 4.39 Å². The number of rotatable bonds is 4. The summed E-state index contributed by atoms with van der Waals surface area (Å²) >= 11 is 0. The topological polar surface area (TPSA) is 25.2 Å². The first-order valence-electron chi connectivity index (χ1n) is 7.35. The Morgan fingerprint density at radius 3 is 3.10 bits per heavy atom. The first kappa shape index (κ1) is 13.4. The Kier molecular flexibility index (Phi) is 3.88. The van der Waals surface area contributed by atoms with Crippen LogP contribution in [-0.4, -0.2) is 0 Å². The van der Waals surface area contributed by atoms with E-state index in [1.165, 1.54) is 11.6 Å². The van der Waals surface area contributed by atoms with Crippen molar-refractivity contribution in [2.45, 2.75) is 44.7 Å². The predicted molar refractivity (Wildman–Crippen MR) is 77.0 cm³/mol. The van der Waals surface area contributed by atoms with Crippen molar-refractivity contribution >= 4 is 0 Å². The third-order valence-electron chi connectivity index (χ3n) is 4.11. The molecule has 2 aromatic rings. The molecule has 2 atom stereocenters. The Hall–Kier alpha value is -1.61. The van der Waals surface area contributed by atoms with Crippen LogP contribution in [-0.2, 0) is 6.42 Å². The molecule has 0 bridgehead atoms. The van der Waals surface area contributed by atoms with Gasteiger partial charge in [0.15, 0.2) is 0 Å². The van der Waals surface area contributed by atoms with Gasteiger partial charge in [0.1, 0.15) is 11.6 Å². The lowest BCUT2D eigenvalue weighted by atomic mass is 9.91. The van der Waals surface area contributed by atoms with Crippen LogP contribution >= 0.6 is 0 Å². The summed E-state index contributed by atoms with van der Waals surface area (Å²) in [6.45, 7) is 2.13. The van der Waals surface area contributed by atoms with E-state index in [2.05, 4.69) is 18.3 Å². The van der Waals surface area contributed by atoms with E-state index in [0.29, 0.717) is 6.04 Å². The van der Waals surface area contributed by atoms with Crippen molar-refractivity contribution in [3.8, 4) is 0 Å². The van der Waals surface area contributed by atoms with Gasteiger partial charge in [-0.05, 0) is 43.0 Å². The average Bonchev–Trinajstić information content (AvgIpc) is 2.94. The van der Waals surface area contributed by atoms with Crippen LogP contribution in [0.2, 0.25) is 0 Å². The molecule has 1 heterocycles. The second-order valence-corrected chi connectivity index (χ2v) is 5.43. The molecular weight excluding hydrogens is 253 g/mol. The fraction of sp³-hybridized carbons (Fsp3) is 0.412. The van der Waals surface area contributed by atoms with E-state index >= 15 is 0 Å². The van der Waals surface area contributed by atoms with Gasteiger partial charge in [-0.25, -0.2) is 4.39 Å². The van der Waals surface area contributed by atoms with Crippen LogP contribution in [0.15, 0.2) is 41.0 Å². The minimum Gasteiger partial charge on any atom is -0.469 e. The van der Waals surface area contributed by atoms with Gasteiger partial charge in [-0.15, -0.1) is 0 Å². The van der Waals surface area contributed by atoms with Gasteiger partial charge in [0, 0.05) is 24.1 Å². The monoisotopic (exact) mass is 273 g/mol. The van der Waals surface area contributed by atoms with Crippen LogP contribution in [0.1, 0.15) is 55.2 Å². The number of benzene rings is 1. The summed E-state index contributed by atoms with van der Waals surface area (Å²) in [6.07, 6.45) is 5.98. The second kappa shape index (κ2) is 5.80. The standard InChI is InChI=1S/C17H20FNO/c1-2-15(12-5-3-6-13(18)11-12)19-16-7-4-8-17-14(16)9-10-20-17/h3,5-6,9-11,15-16,19H,2,4,7-8H2,1H3. The predicted octanol–water partition coefficient (Wildman–Crippen LogP) is 4.54. The van der Waals surface area contributed by atoms with E-state index < -0.39 is 0 Å². The highest BCUT2D eigenvalue weighted by molar-refractivity contribution is 5.26. The number of furan rings is 1. The average molecular weight is 273 g/mol. The van der Waals surface area contributed by atoms with Crippen LogP contribution in [0.5, 0.6) is 0 Å². The van der Waals surface area contributed by atoms with Crippen molar-refractivity contribution in [2.75, 3.05) is 0 Å². The van der Waals surface area contributed by atoms with E-state index in [4.69, 9.17) is 4.42 Å². The molecule has 1 aliphatic rings. The molecule has 1 aromatic heterocycles.